The van der Waals surface area contributed by atoms with Crippen molar-refractivity contribution in [3.63, 3.8) is 0 Å². The quantitative estimate of drug-likeness (QED) is 0.508. The summed E-state index contributed by atoms with van der Waals surface area (Å²) in [5.74, 6) is -0.114. The van der Waals surface area contributed by atoms with Crippen molar-refractivity contribution in [2.45, 2.75) is 31.9 Å². The Morgan fingerprint density at radius 3 is 2.19 bits per heavy atom. The molecule has 16 heavy (non-hydrogen) atoms. The van der Waals surface area contributed by atoms with E-state index in [1.54, 1.807) is 0 Å². The van der Waals surface area contributed by atoms with Gasteiger partial charge >= 0.3 is 6.18 Å². The zero-order valence-corrected chi connectivity index (χ0v) is 10.2. The molecule has 0 saturated carbocycles. The summed E-state index contributed by atoms with van der Waals surface area (Å²) >= 11 is 0. The van der Waals surface area contributed by atoms with Crippen LogP contribution in [-0.4, -0.2) is 33.6 Å². The van der Waals surface area contributed by atoms with Gasteiger partial charge in [0.1, 0.15) is 0 Å². The summed E-state index contributed by atoms with van der Waals surface area (Å²) in [7, 11) is 1.50. The number of hydrogen-bond acceptors (Lipinski definition) is 3. The molecule has 98 valence electrons. The predicted molar refractivity (Wildman–Crippen MR) is 55.0 cm³/mol. The minimum absolute atomic E-state index is 0.114. The Morgan fingerprint density at radius 1 is 1.06 bits per heavy atom. The lowest BCUT2D eigenvalue weighted by atomic mass is 10.3. The van der Waals surface area contributed by atoms with Gasteiger partial charge in [-0.15, -0.1) is 0 Å². The standard InChI is InChI=1S/C8H14ClF3O3S/c9-16(13,14)7-3-1-2-5-15-6-4-8(10,11)12/h1-7H2. The van der Waals surface area contributed by atoms with Crippen molar-refractivity contribution in [3.05, 3.63) is 0 Å². The summed E-state index contributed by atoms with van der Waals surface area (Å²) < 4.78 is 60.7. The van der Waals surface area contributed by atoms with Gasteiger partial charge in [0, 0.05) is 17.3 Å². The molecule has 0 amide bonds. The van der Waals surface area contributed by atoms with Crippen molar-refractivity contribution in [2.24, 2.45) is 0 Å². The van der Waals surface area contributed by atoms with E-state index in [0.29, 0.717) is 19.3 Å². The molecule has 0 radical (unpaired) electrons. The fraction of sp³-hybridized carbons (Fsp3) is 1.00. The largest absolute Gasteiger partial charge is 0.391 e. The van der Waals surface area contributed by atoms with E-state index in [4.69, 9.17) is 15.4 Å². The second kappa shape index (κ2) is 7.34. The van der Waals surface area contributed by atoms with E-state index in [0.717, 1.165) is 0 Å². The van der Waals surface area contributed by atoms with Crippen LogP contribution in [0.3, 0.4) is 0 Å². The smallest absolute Gasteiger partial charge is 0.381 e. The molecule has 0 atom stereocenters. The Morgan fingerprint density at radius 2 is 1.69 bits per heavy atom. The number of halogens is 4. The van der Waals surface area contributed by atoms with Gasteiger partial charge in [0.15, 0.2) is 0 Å². The molecule has 0 aliphatic carbocycles. The highest BCUT2D eigenvalue weighted by Crippen LogP contribution is 2.18. The van der Waals surface area contributed by atoms with Gasteiger partial charge in [-0.2, -0.15) is 13.2 Å². The van der Waals surface area contributed by atoms with Gasteiger partial charge in [0.05, 0.1) is 18.8 Å². The van der Waals surface area contributed by atoms with Gasteiger partial charge in [-0.05, 0) is 12.8 Å². The molecule has 0 aromatic carbocycles. The highest BCUT2D eigenvalue weighted by Gasteiger charge is 2.26. The van der Waals surface area contributed by atoms with Gasteiger partial charge in [-0.3, -0.25) is 0 Å². The van der Waals surface area contributed by atoms with Gasteiger partial charge < -0.3 is 4.74 Å². The SMILES string of the molecule is O=S(=O)(Cl)CCCCCOCCC(F)(F)F. The number of alkyl halides is 3. The van der Waals surface area contributed by atoms with Crippen molar-refractivity contribution >= 4 is 19.7 Å². The molecule has 8 heteroatoms. The summed E-state index contributed by atoms with van der Waals surface area (Å²) in [5.41, 5.74) is 0. The molecule has 0 rings (SSSR count). The molecule has 0 aliphatic rings. The van der Waals surface area contributed by atoms with Crippen molar-refractivity contribution < 1.29 is 26.3 Å². The zero-order valence-electron chi connectivity index (χ0n) is 8.59. The number of hydrogen-bond donors (Lipinski definition) is 0. The van der Waals surface area contributed by atoms with Crippen molar-refractivity contribution in [3.8, 4) is 0 Å². The Labute approximate surface area is 97.3 Å². The molecule has 0 heterocycles. The van der Waals surface area contributed by atoms with E-state index in [2.05, 4.69) is 0 Å². The molecule has 0 aromatic rings. The number of ether oxygens (including phenoxy) is 1. The normalized spacial score (nSPS) is 13.0. The molecule has 0 bridgehead atoms. The minimum atomic E-state index is -4.19. The van der Waals surface area contributed by atoms with Crippen molar-refractivity contribution in [1.29, 1.82) is 0 Å². The molecule has 0 unspecified atom stereocenters. The van der Waals surface area contributed by atoms with Crippen LogP contribution in [0, 0.1) is 0 Å². The summed E-state index contributed by atoms with van der Waals surface area (Å²) in [6, 6.07) is 0. The van der Waals surface area contributed by atoms with Crippen LogP contribution in [0.2, 0.25) is 0 Å². The lowest BCUT2D eigenvalue weighted by molar-refractivity contribution is -0.145. The van der Waals surface area contributed by atoms with Gasteiger partial charge in [0.25, 0.3) is 0 Å². The van der Waals surface area contributed by atoms with Crippen molar-refractivity contribution in [2.75, 3.05) is 19.0 Å². The summed E-state index contributed by atoms with van der Waals surface area (Å²) in [6.45, 7) is -0.143. The lowest BCUT2D eigenvalue weighted by Crippen LogP contribution is -2.12. The van der Waals surface area contributed by atoms with E-state index < -0.39 is 21.6 Å². The summed E-state index contributed by atoms with van der Waals surface area (Å²) in [4.78, 5) is 0. The molecule has 3 nitrogen and oxygen atoms in total. The Balaban J connectivity index is 3.23. The van der Waals surface area contributed by atoms with E-state index in [-0.39, 0.29) is 19.0 Å². The van der Waals surface area contributed by atoms with E-state index in [1.807, 2.05) is 0 Å². The monoisotopic (exact) mass is 282 g/mol. The molecular formula is C8H14ClF3O3S. The topological polar surface area (TPSA) is 43.4 Å². The van der Waals surface area contributed by atoms with Crippen LogP contribution in [-0.2, 0) is 13.8 Å². The van der Waals surface area contributed by atoms with Gasteiger partial charge in [0.2, 0.25) is 9.05 Å². The van der Waals surface area contributed by atoms with Crippen LogP contribution in [0.4, 0.5) is 13.2 Å². The highest BCUT2D eigenvalue weighted by atomic mass is 35.7. The second-order valence-electron chi connectivity index (χ2n) is 3.28. The van der Waals surface area contributed by atoms with E-state index in [9.17, 15) is 21.6 Å². The van der Waals surface area contributed by atoms with Crippen LogP contribution in [0.15, 0.2) is 0 Å². The van der Waals surface area contributed by atoms with Crippen LogP contribution in [0.1, 0.15) is 25.7 Å². The molecule has 0 N–H and O–H groups in total. The van der Waals surface area contributed by atoms with Gasteiger partial charge in [-0.1, -0.05) is 6.42 Å². The Bertz CT molecular complexity index is 277. The fourth-order valence-electron chi connectivity index (χ4n) is 0.945. The third kappa shape index (κ3) is 14.0. The Hall–Kier alpha value is -0.0100. The third-order valence-electron chi connectivity index (χ3n) is 1.71. The highest BCUT2D eigenvalue weighted by molar-refractivity contribution is 8.13. The molecule has 0 spiro atoms. The average molecular weight is 283 g/mol. The number of rotatable bonds is 8. The first-order chi connectivity index (χ1) is 7.21. The molecule has 0 fully saturated rings. The molecular weight excluding hydrogens is 269 g/mol. The summed E-state index contributed by atoms with van der Waals surface area (Å²) in [6.07, 6.45) is -3.65. The first-order valence-electron chi connectivity index (χ1n) is 4.77. The fourth-order valence-corrected chi connectivity index (χ4v) is 1.82. The maximum atomic E-state index is 11.7. The average Bonchev–Trinajstić information content (AvgIpc) is 2.06. The Kier molecular flexibility index (Phi) is 7.34. The number of unbranched alkanes of at least 4 members (excludes halogenated alkanes) is 2. The molecule has 0 saturated heterocycles. The predicted octanol–water partition coefficient (Wildman–Crippen LogP) is 2.69. The minimum Gasteiger partial charge on any atom is -0.381 e. The third-order valence-corrected chi connectivity index (χ3v) is 2.95. The maximum absolute atomic E-state index is 11.7. The maximum Gasteiger partial charge on any atom is 0.391 e. The second-order valence-corrected chi connectivity index (χ2v) is 6.18. The van der Waals surface area contributed by atoms with Crippen LogP contribution < -0.4 is 0 Å². The lowest BCUT2D eigenvalue weighted by Gasteiger charge is -2.06. The van der Waals surface area contributed by atoms with Crippen LogP contribution in [0.5, 0.6) is 0 Å². The molecule has 0 aliphatic heterocycles. The van der Waals surface area contributed by atoms with Crippen molar-refractivity contribution in [1.82, 2.24) is 0 Å². The summed E-state index contributed by atoms with van der Waals surface area (Å²) in [5, 5.41) is 0. The molecule has 0 aromatic heterocycles. The first kappa shape index (κ1) is 16.0. The van der Waals surface area contributed by atoms with Gasteiger partial charge in [-0.25, -0.2) is 8.42 Å². The van der Waals surface area contributed by atoms with Crippen LogP contribution in [0.25, 0.3) is 0 Å². The van der Waals surface area contributed by atoms with Crippen LogP contribution >= 0.6 is 10.7 Å². The van der Waals surface area contributed by atoms with E-state index >= 15 is 0 Å². The first-order valence-corrected chi connectivity index (χ1v) is 7.25. The zero-order chi connectivity index (χ0) is 12.7. The van der Waals surface area contributed by atoms with E-state index in [1.165, 1.54) is 0 Å².